The maximum Gasteiger partial charge on any atom is 0.143 e. The van der Waals surface area contributed by atoms with E-state index in [1.807, 2.05) is 11.3 Å². The second kappa shape index (κ2) is 13.8. The van der Waals surface area contributed by atoms with Gasteiger partial charge in [-0.25, -0.2) is 0 Å². The highest BCUT2D eigenvalue weighted by Gasteiger charge is 2.22. The molecule has 0 atom stereocenters. The van der Waals surface area contributed by atoms with Crippen LogP contribution in [0.15, 0.2) is 223 Å². The number of furan rings is 1. The SMILES string of the molecule is c1cc(-c2cccc3sc4ccccc4c23)cc(N(c2ccc(-c3ccccc3-n3c4ccccc4c4ccccc43)cc2)c2cccc3oc4c5ccccc5ccc4c23)c1. The maximum absolute atomic E-state index is 6.76. The van der Waals surface area contributed by atoms with E-state index in [4.69, 9.17) is 4.42 Å². The van der Waals surface area contributed by atoms with Gasteiger partial charge in [-0.1, -0.05) is 146 Å². The van der Waals surface area contributed by atoms with E-state index in [9.17, 15) is 0 Å². The second-order valence-electron chi connectivity index (χ2n) is 16.0. The summed E-state index contributed by atoms with van der Waals surface area (Å²) in [4.78, 5) is 2.41. The third-order valence-electron chi connectivity index (χ3n) is 12.6. The standard InChI is InChI=1S/C58H36N2OS/c1-2-18-44-37(14-1)32-35-48-57-52(26-13-27-53(57)61-58(44)48)59(41-16-11-15-39(36-41)43-22-12-29-55-56(43)47-21-6-10-28-54(47)62-55)40-33-30-38(31-34-40)42-17-3-7-23-49(42)60-50-24-8-4-19-45(50)46-20-5-9-25-51(46)60/h1-36H. The van der Waals surface area contributed by atoms with Crippen LogP contribution >= 0.6 is 11.3 Å². The molecular weight excluding hydrogens is 773 g/mol. The molecule has 62 heavy (non-hydrogen) atoms. The molecule has 0 aliphatic carbocycles. The normalized spacial score (nSPS) is 11.9. The molecule has 0 fully saturated rings. The van der Waals surface area contributed by atoms with Crippen molar-refractivity contribution in [3.8, 4) is 27.9 Å². The maximum atomic E-state index is 6.76. The van der Waals surface area contributed by atoms with Gasteiger partial charge in [0.1, 0.15) is 11.2 Å². The predicted molar refractivity (Wildman–Crippen MR) is 264 cm³/mol. The van der Waals surface area contributed by atoms with Crippen LogP contribution in [-0.4, -0.2) is 4.57 Å². The lowest BCUT2D eigenvalue weighted by molar-refractivity contribution is 0.672. The Bertz CT molecular complexity index is 3830. The van der Waals surface area contributed by atoms with Gasteiger partial charge in [0.15, 0.2) is 0 Å². The van der Waals surface area contributed by atoms with Gasteiger partial charge in [0.05, 0.1) is 27.8 Å². The molecule has 13 aromatic rings. The van der Waals surface area contributed by atoms with Crippen molar-refractivity contribution in [1.82, 2.24) is 4.57 Å². The molecule has 0 amide bonds. The molecule has 10 aromatic carbocycles. The van der Waals surface area contributed by atoms with E-state index in [0.717, 1.165) is 61.0 Å². The fourth-order valence-corrected chi connectivity index (χ4v) is 11.0. The topological polar surface area (TPSA) is 21.3 Å². The lowest BCUT2D eigenvalue weighted by atomic mass is 9.98. The van der Waals surface area contributed by atoms with E-state index in [-0.39, 0.29) is 0 Å². The Morgan fingerprint density at radius 2 is 1.06 bits per heavy atom. The van der Waals surface area contributed by atoms with Gasteiger partial charge in [-0.3, -0.25) is 0 Å². The van der Waals surface area contributed by atoms with Gasteiger partial charge >= 0.3 is 0 Å². The van der Waals surface area contributed by atoms with Gasteiger partial charge < -0.3 is 13.9 Å². The van der Waals surface area contributed by atoms with Gasteiger partial charge in [-0.05, 0) is 94.9 Å². The predicted octanol–water partition coefficient (Wildman–Crippen LogP) is 17.0. The summed E-state index contributed by atoms with van der Waals surface area (Å²) in [5, 5.41) is 9.57. The minimum Gasteiger partial charge on any atom is -0.455 e. The van der Waals surface area contributed by atoms with E-state index in [0.29, 0.717) is 0 Å². The minimum absolute atomic E-state index is 0.862. The lowest BCUT2D eigenvalue weighted by Gasteiger charge is -2.27. The molecule has 3 heterocycles. The number of thiophene rings is 1. The minimum atomic E-state index is 0.862. The third-order valence-corrected chi connectivity index (χ3v) is 13.7. The number of anilines is 3. The van der Waals surface area contributed by atoms with Crippen molar-refractivity contribution in [2.45, 2.75) is 0 Å². The Hall–Kier alpha value is -7.92. The molecule has 0 N–H and O–H groups in total. The van der Waals surface area contributed by atoms with Crippen LogP contribution in [-0.2, 0) is 0 Å². The molecule has 0 saturated carbocycles. The molecule has 0 aliphatic rings. The summed E-state index contributed by atoms with van der Waals surface area (Å²) < 4.78 is 11.8. The summed E-state index contributed by atoms with van der Waals surface area (Å²) >= 11 is 1.86. The lowest BCUT2D eigenvalue weighted by Crippen LogP contribution is -2.10. The first-order valence-corrected chi connectivity index (χ1v) is 21.9. The largest absolute Gasteiger partial charge is 0.455 e. The van der Waals surface area contributed by atoms with Gasteiger partial charge in [-0.2, -0.15) is 0 Å². The highest BCUT2D eigenvalue weighted by atomic mass is 32.1. The molecule has 0 saturated heterocycles. The van der Waals surface area contributed by atoms with Crippen LogP contribution in [0.1, 0.15) is 0 Å². The number of hydrogen-bond acceptors (Lipinski definition) is 3. The highest BCUT2D eigenvalue weighted by molar-refractivity contribution is 7.25. The summed E-state index contributed by atoms with van der Waals surface area (Å²) in [6, 6.07) is 79.2. The van der Waals surface area contributed by atoms with Crippen LogP contribution in [0.4, 0.5) is 17.1 Å². The highest BCUT2D eigenvalue weighted by Crippen LogP contribution is 2.47. The van der Waals surface area contributed by atoms with Crippen LogP contribution in [0.5, 0.6) is 0 Å². The molecule has 0 radical (unpaired) electrons. The summed E-state index contributed by atoms with van der Waals surface area (Å²) in [5.74, 6) is 0. The Morgan fingerprint density at radius 1 is 0.403 bits per heavy atom. The van der Waals surface area contributed by atoms with Crippen molar-refractivity contribution in [3.05, 3.63) is 218 Å². The zero-order chi connectivity index (χ0) is 40.7. The molecule has 0 spiro atoms. The average Bonchev–Trinajstić information content (AvgIpc) is 4.02. The number of benzene rings is 10. The van der Waals surface area contributed by atoms with E-state index in [1.165, 1.54) is 58.7 Å². The Kier molecular flexibility index (Phi) is 7.78. The summed E-state index contributed by atoms with van der Waals surface area (Å²) in [7, 11) is 0. The van der Waals surface area contributed by atoms with Crippen molar-refractivity contribution in [3.63, 3.8) is 0 Å². The molecule has 4 heteroatoms. The molecule has 0 aliphatic heterocycles. The first kappa shape index (κ1) is 34.9. The van der Waals surface area contributed by atoms with Crippen LogP contribution in [0, 0.1) is 0 Å². The number of fused-ring (bicyclic) bond motifs is 11. The summed E-state index contributed by atoms with van der Waals surface area (Å²) in [6.07, 6.45) is 0. The van der Waals surface area contributed by atoms with E-state index >= 15 is 0 Å². The smallest absolute Gasteiger partial charge is 0.143 e. The van der Waals surface area contributed by atoms with Gasteiger partial charge in [-0.15, -0.1) is 11.3 Å². The number of rotatable bonds is 6. The fraction of sp³-hybridized carbons (Fsp3) is 0. The zero-order valence-corrected chi connectivity index (χ0v) is 34.3. The van der Waals surface area contributed by atoms with Gasteiger partial charge in [0.2, 0.25) is 0 Å². The van der Waals surface area contributed by atoms with Crippen LogP contribution in [0.25, 0.3) is 103 Å². The Labute approximate surface area is 361 Å². The molecule has 13 rings (SSSR count). The number of hydrogen-bond donors (Lipinski definition) is 0. The van der Waals surface area contributed by atoms with Crippen molar-refractivity contribution in [1.29, 1.82) is 0 Å². The average molecular weight is 809 g/mol. The Balaban J connectivity index is 1.01. The Morgan fingerprint density at radius 3 is 1.90 bits per heavy atom. The number of para-hydroxylation sites is 3. The van der Waals surface area contributed by atoms with Crippen molar-refractivity contribution in [2.75, 3.05) is 4.90 Å². The van der Waals surface area contributed by atoms with Crippen LogP contribution < -0.4 is 4.90 Å². The van der Waals surface area contributed by atoms with Gasteiger partial charge in [0.25, 0.3) is 0 Å². The third kappa shape index (κ3) is 5.30. The number of aromatic nitrogens is 1. The van der Waals surface area contributed by atoms with Gasteiger partial charge in [0, 0.05) is 58.7 Å². The molecular formula is C58H36N2OS. The van der Waals surface area contributed by atoms with E-state index in [1.54, 1.807) is 0 Å². The summed E-state index contributed by atoms with van der Waals surface area (Å²) in [6.45, 7) is 0. The van der Waals surface area contributed by atoms with Crippen LogP contribution in [0.3, 0.4) is 0 Å². The molecule has 3 nitrogen and oxygen atoms in total. The molecule has 290 valence electrons. The van der Waals surface area contributed by atoms with Crippen LogP contribution in [0.2, 0.25) is 0 Å². The van der Waals surface area contributed by atoms with E-state index in [2.05, 4.69) is 228 Å². The summed E-state index contributed by atoms with van der Waals surface area (Å²) in [5.41, 5.74) is 13.2. The second-order valence-corrected chi connectivity index (χ2v) is 17.1. The molecule has 0 unspecified atom stereocenters. The first-order valence-electron chi connectivity index (χ1n) is 21.1. The first-order chi connectivity index (χ1) is 30.8. The zero-order valence-electron chi connectivity index (χ0n) is 33.5. The molecule has 0 bridgehead atoms. The molecule has 3 aromatic heterocycles. The number of nitrogens with zero attached hydrogens (tertiary/aromatic N) is 2. The van der Waals surface area contributed by atoms with E-state index < -0.39 is 0 Å². The van der Waals surface area contributed by atoms with Crippen molar-refractivity contribution >= 4 is 103 Å². The monoisotopic (exact) mass is 808 g/mol. The fourth-order valence-electron chi connectivity index (χ4n) is 9.86. The van der Waals surface area contributed by atoms with Crippen molar-refractivity contribution in [2.24, 2.45) is 0 Å². The quantitative estimate of drug-likeness (QED) is 0.167. The van der Waals surface area contributed by atoms with Crippen molar-refractivity contribution < 1.29 is 4.42 Å².